The van der Waals surface area contributed by atoms with Crippen molar-refractivity contribution in [2.24, 2.45) is 0 Å². The zero-order valence-corrected chi connectivity index (χ0v) is 11.0. The number of hydrogen-bond acceptors (Lipinski definition) is 2. The summed E-state index contributed by atoms with van der Waals surface area (Å²) in [6, 6.07) is 13.9. The molecule has 90 valence electrons. The summed E-state index contributed by atoms with van der Waals surface area (Å²) in [6.45, 7) is 2.14. The van der Waals surface area contributed by atoms with E-state index in [1.165, 1.54) is 21.2 Å². The molecule has 1 N–H and O–H groups in total. The van der Waals surface area contributed by atoms with Crippen molar-refractivity contribution in [2.45, 2.75) is 13.3 Å². The minimum Gasteiger partial charge on any atom is -0.508 e. The monoisotopic (exact) mass is 254 g/mol. The van der Waals surface area contributed by atoms with Crippen molar-refractivity contribution in [3.05, 3.63) is 64.5 Å². The first kappa shape index (κ1) is 11.3. The normalized spacial score (nSPS) is 10.9. The Morgan fingerprint density at radius 1 is 1.00 bits per heavy atom. The molecule has 3 rings (SSSR count). The highest BCUT2D eigenvalue weighted by atomic mass is 32.1. The molecule has 1 nitrogen and oxygen atoms in total. The quantitative estimate of drug-likeness (QED) is 0.713. The van der Waals surface area contributed by atoms with Crippen LogP contribution in [0.15, 0.2) is 47.8 Å². The third-order valence-corrected chi connectivity index (χ3v) is 4.44. The maximum Gasteiger partial charge on any atom is 0.119 e. The molecule has 0 bridgehead atoms. The number of hydrogen-bond donors (Lipinski definition) is 1. The van der Waals surface area contributed by atoms with E-state index in [0.29, 0.717) is 5.75 Å². The molecule has 0 saturated heterocycles. The molecule has 18 heavy (non-hydrogen) atoms. The van der Waals surface area contributed by atoms with Gasteiger partial charge in [-0.3, -0.25) is 0 Å². The van der Waals surface area contributed by atoms with E-state index in [0.717, 1.165) is 12.0 Å². The molecule has 0 radical (unpaired) electrons. The van der Waals surface area contributed by atoms with Crippen LogP contribution in [-0.2, 0) is 6.42 Å². The fourth-order valence-corrected chi connectivity index (χ4v) is 3.32. The van der Waals surface area contributed by atoms with Gasteiger partial charge in [0, 0.05) is 11.1 Å². The van der Waals surface area contributed by atoms with Gasteiger partial charge in [0.15, 0.2) is 0 Å². The van der Waals surface area contributed by atoms with Crippen molar-refractivity contribution in [2.75, 3.05) is 0 Å². The molecule has 0 aliphatic carbocycles. The fraction of sp³-hybridized carbons (Fsp3) is 0.125. The molecule has 0 fully saturated rings. The van der Waals surface area contributed by atoms with Crippen molar-refractivity contribution in [1.82, 2.24) is 0 Å². The lowest BCUT2D eigenvalue weighted by atomic mass is 10.0. The number of phenols is 1. The van der Waals surface area contributed by atoms with Crippen molar-refractivity contribution < 1.29 is 5.11 Å². The molecule has 0 amide bonds. The van der Waals surface area contributed by atoms with Crippen LogP contribution in [-0.4, -0.2) is 5.11 Å². The Morgan fingerprint density at radius 3 is 2.61 bits per heavy atom. The van der Waals surface area contributed by atoms with Gasteiger partial charge in [0.2, 0.25) is 0 Å². The highest BCUT2D eigenvalue weighted by Crippen LogP contribution is 2.31. The molecule has 1 aromatic heterocycles. The zero-order chi connectivity index (χ0) is 12.5. The Kier molecular flexibility index (Phi) is 2.80. The van der Waals surface area contributed by atoms with Gasteiger partial charge in [-0.15, -0.1) is 11.3 Å². The molecule has 2 heteroatoms. The molecule has 0 unspecified atom stereocenters. The minimum absolute atomic E-state index is 0.378. The Hall–Kier alpha value is -1.80. The van der Waals surface area contributed by atoms with E-state index in [2.05, 4.69) is 30.5 Å². The average Bonchev–Trinajstić information content (AvgIpc) is 2.76. The SMILES string of the molecule is Cc1csc2c(Cc3ccccc3O)cccc12. The summed E-state index contributed by atoms with van der Waals surface area (Å²) in [6.07, 6.45) is 0.782. The van der Waals surface area contributed by atoms with Gasteiger partial charge in [-0.1, -0.05) is 36.4 Å². The highest BCUT2D eigenvalue weighted by molar-refractivity contribution is 7.17. The predicted octanol–water partition coefficient (Wildman–Crippen LogP) is 4.51. The van der Waals surface area contributed by atoms with Crippen LogP contribution in [0.3, 0.4) is 0 Å². The Bertz CT molecular complexity index is 697. The number of aryl methyl sites for hydroxylation is 1. The van der Waals surface area contributed by atoms with Gasteiger partial charge < -0.3 is 5.11 Å². The topological polar surface area (TPSA) is 20.2 Å². The number of aromatic hydroxyl groups is 1. The molecule has 0 saturated carbocycles. The van der Waals surface area contributed by atoms with Crippen LogP contribution in [0.5, 0.6) is 5.75 Å². The number of fused-ring (bicyclic) bond motifs is 1. The van der Waals surface area contributed by atoms with Crippen molar-refractivity contribution >= 4 is 21.4 Å². The van der Waals surface area contributed by atoms with E-state index < -0.39 is 0 Å². The Balaban J connectivity index is 2.08. The van der Waals surface area contributed by atoms with Gasteiger partial charge in [0.25, 0.3) is 0 Å². The Morgan fingerprint density at radius 2 is 1.78 bits per heavy atom. The van der Waals surface area contributed by atoms with Crippen LogP contribution in [0.25, 0.3) is 10.1 Å². The van der Waals surface area contributed by atoms with Gasteiger partial charge in [-0.25, -0.2) is 0 Å². The first-order valence-electron chi connectivity index (χ1n) is 5.98. The van der Waals surface area contributed by atoms with Gasteiger partial charge in [0.1, 0.15) is 5.75 Å². The number of benzene rings is 2. The highest BCUT2D eigenvalue weighted by Gasteiger charge is 2.07. The summed E-state index contributed by atoms with van der Waals surface area (Å²) in [5.74, 6) is 0.378. The number of thiophene rings is 1. The van der Waals surface area contributed by atoms with E-state index in [1.807, 2.05) is 18.2 Å². The van der Waals surface area contributed by atoms with Crippen LogP contribution < -0.4 is 0 Å². The summed E-state index contributed by atoms with van der Waals surface area (Å²) >= 11 is 1.78. The van der Waals surface area contributed by atoms with E-state index in [1.54, 1.807) is 17.4 Å². The molecular weight excluding hydrogens is 240 g/mol. The van der Waals surface area contributed by atoms with Crippen LogP contribution in [0.2, 0.25) is 0 Å². The lowest BCUT2D eigenvalue weighted by Gasteiger charge is -2.06. The van der Waals surface area contributed by atoms with E-state index in [4.69, 9.17) is 0 Å². The first-order chi connectivity index (χ1) is 8.75. The van der Waals surface area contributed by atoms with E-state index in [-0.39, 0.29) is 0 Å². The maximum atomic E-state index is 9.85. The smallest absolute Gasteiger partial charge is 0.119 e. The molecule has 1 heterocycles. The second kappa shape index (κ2) is 4.46. The van der Waals surface area contributed by atoms with Gasteiger partial charge in [0.05, 0.1) is 0 Å². The Labute approximate surface area is 110 Å². The third kappa shape index (κ3) is 1.89. The summed E-state index contributed by atoms with van der Waals surface area (Å²) < 4.78 is 1.33. The second-order valence-electron chi connectivity index (χ2n) is 4.52. The maximum absolute atomic E-state index is 9.85. The van der Waals surface area contributed by atoms with Crippen LogP contribution in [0.1, 0.15) is 16.7 Å². The van der Waals surface area contributed by atoms with Crippen molar-refractivity contribution in [1.29, 1.82) is 0 Å². The van der Waals surface area contributed by atoms with Crippen LogP contribution in [0, 0.1) is 6.92 Å². The predicted molar refractivity (Wildman–Crippen MR) is 77.5 cm³/mol. The molecule has 0 aliphatic heterocycles. The number of para-hydroxylation sites is 1. The summed E-state index contributed by atoms with van der Waals surface area (Å²) in [7, 11) is 0. The van der Waals surface area contributed by atoms with Gasteiger partial charge in [-0.05, 0) is 40.4 Å². The number of rotatable bonds is 2. The molecule has 3 aromatic rings. The van der Waals surface area contributed by atoms with Gasteiger partial charge in [-0.2, -0.15) is 0 Å². The summed E-state index contributed by atoms with van der Waals surface area (Å²) in [5, 5.41) is 13.4. The molecule has 0 aliphatic rings. The first-order valence-corrected chi connectivity index (χ1v) is 6.86. The summed E-state index contributed by atoms with van der Waals surface area (Å²) in [5.41, 5.74) is 3.59. The standard InChI is InChI=1S/C16H14OS/c1-11-10-18-16-13(6-4-7-14(11)16)9-12-5-2-3-8-15(12)17/h2-8,10,17H,9H2,1H3. The van der Waals surface area contributed by atoms with Crippen molar-refractivity contribution in [3.8, 4) is 5.75 Å². The lowest BCUT2D eigenvalue weighted by molar-refractivity contribution is 0.469. The second-order valence-corrected chi connectivity index (χ2v) is 5.40. The molecular formula is C16H14OS. The van der Waals surface area contributed by atoms with Crippen molar-refractivity contribution in [3.63, 3.8) is 0 Å². The zero-order valence-electron chi connectivity index (χ0n) is 10.2. The molecule has 0 atom stereocenters. The van der Waals surface area contributed by atoms with Crippen LogP contribution in [0.4, 0.5) is 0 Å². The fourth-order valence-electron chi connectivity index (χ4n) is 2.25. The average molecular weight is 254 g/mol. The van der Waals surface area contributed by atoms with E-state index >= 15 is 0 Å². The minimum atomic E-state index is 0.378. The number of phenolic OH excluding ortho intramolecular Hbond substituents is 1. The van der Waals surface area contributed by atoms with Crippen LogP contribution >= 0.6 is 11.3 Å². The van der Waals surface area contributed by atoms with Gasteiger partial charge >= 0.3 is 0 Å². The van der Waals surface area contributed by atoms with E-state index in [9.17, 15) is 5.11 Å². The largest absolute Gasteiger partial charge is 0.508 e. The molecule has 0 spiro atoms. The third-order valence-electron chi connectivity index (χ3n) is 3.25. The lowest BCUT2D eigenvalue weighted by Crippen LogP contribution is -1.88. The molecule has 2 aromatic carbocycles. The summed E-state index contributed by atoms with van der Waals surface area (Å²) in [4.78, 5) is 0.